The van der Waals surface area contributed by atoms with E-state index >= 15 is 0 Å². The molecule has 2 N–H and O–H groups in total. The molecule has 5 nitrogen and oxygen atoms in total. The minimum Gasteiger partial charge on any atom is -0.349 e. The number of nitrogens with one attached hydrogen (secondary N) is 2. The Morgan fingerprint density at radius 3 is 2.43 bits per heavy atom. The second kappa shape index (κ2) is 7.41. The smallest absolute Gasteiger partial charge is 0.261 e. The van der Waals surface area contributed by atoms with E-state index < -0.39 is 10.0 Å². The molecule has 2 fully saturated rings. The normalized spacial score (nSPS) is 23.6. The van der Waals surface area contributed by atoms with Gasteiger partial charge in [-0.05, 0) is 86.1 Å². The van der Waals surface area contributed by atoms with Crippen LogP contribution in [0.15, 0.2) is 47.4 Å². The van der Waals surface area contributed by atoms with Crippen molar-refractivity contribution in [3.8, 4) is 0 Å². The zero-order valence-corrected chi connectivity index (χ0v) is 17.2. The van der Waals surface area contributed by atoms with E-state index in [2.05, 4.69) is 10.0 Å². The van der Waals surface area contributed by atoms with Crippen molar-refractivity contribution in [2.24, 2.45) is 11.8 Å². The van der Waals surface area contributed by atoms with E-state index in [0.29, 0.717) is 27.8 Å². The summed E-state index contributed by atoms with van der Waals surface area (Å²) in [6, 6.07) is 11.3. The fraction of sp³-hybridized carbons (Fsp3) is 0.381. The fourth-order valence-corrected chi connectivity index (χ4v) is 5.67. The summed E-state index contributed by atoms with van der Waals surface area (Å²) in [4.78, 5) is 12.8. The molecule has 2 aliphatic rings. The van der Waals surface area contributed by atoms with E-state index in [1.165, 1.54) is 43.5 Å². The van der Waals surface area contributed by atoms with Gasteiger partial charge in [-0.3, -0.25) is 9.52 Å². The van der Waals surface area contributed by atoms with E-state index in [1.807, 2.05) is 0 Å². The quantitative estimate of drug-likeness (QED) is 0.757. The number of amides is 1. The van der Waals surface area contributed by atoms with Crippen molar-refractivity contribution < 1.29 is 13.2 Å². The van der Waals surface area contributed by atoms with Crippen molar-refractivity contribution in [1.82, 2.24) is 5.32 Å². The Bertz CT molecular complexity index is 1000. The van der Waals surface area contributed by atoms with Gasteiger partial charge in [0.05, 0.1) is 10.6 Å². The lowest BCUT2D eigenvalue weighted by Gasteiger charge is -2.23. The van der Waals surface area contributed by atoms with Gasteiger partial charge in [-0.2, -0.15) is 0 Å². The van der Waals surface area contributed by atoms with Crippen molar-refractivity contribution >= 4 is 33.2 Å². The number of carbonyl (C=O) groups is 1. The second-order valence-electron chi connectivity index (χ2n) is 7.84. The van der Waals surface area contributed by atoms with Crippen LogP contribution in [0.4, 0.5) is 5.69 Å². The molecule has 1 amide bonds. The molecule has 0 aromatic heterocycles. The Kier molecular flexibility index (Phi) is 5.10. The number of halogens is 1. The molecule has 4 rings (SSSR count). The molecule has 0 unspecified atom stereocenters. The summed E-state index contributed by atoms with van der Waals surface area (Å²) in [5, 5.41) is 3.64. The van der Waals surface area contributed by atoms with Gasteiger partial charge in [0.1, 0.15) is 0 Å². The first-order valence-corrected chi connectivity index (χ1v) is 11.4. The standard InChI is InChI=1S/C21H23ClN2O3S/c1-13-10-16(21(25)23-20-12-14-2-3-15(20)11-14)4-9-19(13)24-28(26,27)18-7-5-17(22)6-8-18/h4-10,14-15,20,24H,2-3,11-12H2,1H3,(H,23,25)/t14-,15-,20+/m1/s1. The van der Waals surface area contributed by atoms with Gasteiger partial charge in [0.2, 0.25) is 0 Å². The van der Waals surface area contributed by atoms with E-state index in [0.717, 1.165) is 12.3 Å². The van der Waals surface area contributed by atoms with E-state index in [4.69, 9.17) is 11.6 Å². The zero-order chi connectivity index (χ0) is 19.9. The van der Waals surface area contributed by atoms with Crippen LogP contribution >= 0.6 is 11.6 Å². The summed E-state index contributed by atoms with van der Waals surface area (Å²) in [7, 11) is -3.72. The van der Waals surface area contributed by atoms with Crippen LogP contribution in [-0.4, -0.2) is 20.4 Å². The molecular formula is C21H23ClN2O3S. The molecule has 2 saturated carbocycles. The van der Waals surface area contributed by atoms with Crippen molar-refractivity contribution in [2.75, 3.05) is 4.72 Å². The highest BCUT2D eigenvalue weighted by molar-refractivity contribution is 7.92. The number of benzene rings is 2. The lowest BCUT2D eigenvalue weighted by atomic mass is 9.95. The maximum Gasteiger partial charge on any atom is 0.261 e. The third-order valence-corrected chi connectivity index (χ3v) is 7.54. The van der Waals surface area contributed by atoms with Crippen LogP contribution in [0.25, 0.3) is 0 Å². The van der Waals surface area contributed by atoms with Crippen LogP contribution < -0.4 is 10.0 Å². The minimum atomic E-state index is -3.72. The van der Waals surface area contributed by atoms with Crippen LogP contribution in [0.5, 0.6) is 0 Å². The van der Waals surface area contributed by atoms with Gasteiger partial charge in [0, 0.05) is 16.6 Å². The molecule has 0 aliphatic heterocycles. The predicted molar refractivity (Wildman–Crippen MR) is 110 cm³/mol. The van der Waals surface area contributed by atoms with E-state index in [-0.39, 0.29) is 16.8 Å². The molecule has 0 spiro atoms. The average Bonchev–Trinajstić information content (AvgIpc) is 3.26. The van der Waals surface area contributed by atoms with E-state index in [9.17, 15) is 13.2 Å². The Labute approximate surface area is 170 Å². The van der Waals surface area contributed by atoms with Crippen LogP contribution in [0.1, 0.15) is 41.6 Å². The number of hydrogen-bond donors (Lipinski definition) is 2. The molecule has 0 radical (unpaired) electrons. The average molecular weight is 419 g/mol. The third-order valence-electron chi connectivity index (χ3n) is 5.91. The summed E-state index contributed by atoms with van der Waals surface area (Å²) < 4.78 is 27.7. The highest BCUT2D eigenvalue weighted by Crippen LogP contribution is 2.44. The molecule has 7 heteroatoms. The molecule has 2 aliphatic carbocycles. The molecule has 28 heavy (non-hydrogen) atoms. The molecule has 148 valence electrons. The first kappa shape index (κ1) is 19.3. The zero-order valence-electron chi connectivity index (χ0n) is 15.6. The first-order chi connectivity index (χ1) is 13.3. The Balaban J connectivity index is 1.46. The highest BCUT2D eigenvalue weighted by atomic mass is 35.5. The summed E-state index contributed by atoms with van der Waals surface area (Å²) in [6.45, 7) is 1.79. The van der Waals surface area contributed by atoms with Gasteiger partial charge < -0.3 is 5.32 Å². The Hall–Kier alpha value is -2.05. The molecule has 2 aromatic rings. The van der Waals surface area contributed by atoms with Crippen molar-refractivity contribution in [2.45, 2.75) is 43.5 Å². The van der Waals surface area contributed by atoms with Crippen LogP contribution in [-0.2, 0) is 10.0 Å². The topological polar surface area (TPSA) is 75.3 Å². The number of carbonyl (C=O) groups excluding carboxylic acids is 1. The number of anilines is 1. The molecule has 3 atom stereocenters. The number of rotatable bonds is 5. The number of fused-ring (bicyclic) bond motifs is 2. The summed E-state index contributed by atoms with van der Waals surface area (Å²) in [5.41, 5.74) is 1.69. The summed E-state index contributed by atoms with van der Waals surface area (Å²) in [6.07, 6.45) is 4.81. The van der Waals surface area contributed by atoms with Crippen molar-refractivity contribution in [3.63, 3.8) is 0 Å². The molecule has 0 saturated heterocycles. The molecule has 2 bridgehead atoms. The SMILES string of the molecule is Cc1cc(C(=O)N[C@H]2C[C@@H]3CC[C@@H]2C3)ccc1NS(=O)(=O)c1ccc(Cl)cc1. The maximum absolute atomic E-state index is 12.6. The Morgan fingerprint density at radius 1 is 1.07 bits per heavy atom. The largest absolute Gasteiger partial charge is 0.349 e. The monoisotopic (exact) mass is 418 g/mol. The molecule has 0 heterocycles. The summed E-state index contributed by atoms with van der Waals surface area (Å²) in [5.74, 6) is 1.29. The van der Waals surface area contributed by atoms with Gasteiger partial charge in [0.25, 0.3) is 15.9 Å². The third kappa shape index (κ3) is 3.89. The van der Waals surface area contributed by atoms with Gasteiger partial charge in [-0.15, -0.1) is 0 Å². The minimum absolute atomic E-state index is 0.0900. The lowest BCUT2D eigenvalue weighted by molar-refractivity contribution is 0.0923. The molecule has 2 aromatic carbocycles. The first-order valence-electron chi connectivity index (χ1n) is 9.52. The van der Waals surface area contributed by atoms with Crippen LogP contribution in [0.2, 0.25) is 5.02 Å². The fourth-order valence-electron chi connectivity index (χ4n) is 4.41. The number of hydrogen-bond acceptors (Lipinski definition) is 3. The number of aryl methyl sites for hydroxylation is 1. The number of sulfonamides is 1. The van der Waals surface area contributed by atoms with Crippen LogP contribution in [0.3, 0.4) is 0 Å². The van der Waals surface area contributed by atoms with Gasteiger partial charge in [-0.1, -0.05) is 18.0 Å². The van der Waals surface area contributed by atoms with E-state index in [1.54, 1.807) is 25.1 Å². The van der Waals surface area contributed by atoms with Gasteiger partial charge >= 0.3 is 0 Å². The van der Waals surface area contributed by atoms with Crippen molar-refractivity contribution in [1.29, 1.82) is 0 Å². The summed E-state index contributed by atoms with van der Waals surface area (Å²) >= 11 is 5.82. The predicted octanol–water partition coefficient (Wildman–Crippen LogP) is 4.37. The van der Waals surface area contributed by atoms with Gasteiger partial charge in [0.15, 0.2) is 0 Å². The van der Waals surface area contributed by atoms with Gasteiger partial charge in [-0.25, -0.2) is 8.42 Å². The second-order valence-corrected chi connectivity index (χ2v) is 9.96. The van der Waals surface area contributed by atoms with Crippen LogP contribution in [0, 0.1) is 18.8 Å². The Morgan fingerprint density at radius 2 is 1.82 bits per heavy atom. The highest BCUT2D eigenvalue weighted by Gasteiger charge is 2.40. The maximum atomic E-state index is 12.6. The lowest BCUT2D eigenvalue weighted by Crippen LogP contribution is -2.38. The van der Waals surface area contributed by atoms with Crippen molar-refractivity contribution in [3.05, 3.63) is 58.6 Å². The molecular weight excluding hydrogens is 396 g/mol.